The normalized spacial score (nSPS) is 49.2. The lowest BCUT2D eigenvalue weighted by Crippen LogP contribution is -2.44. The Balaban J connectivity index is 2.28. The van der Waals surface area contributed by atoms with Crippen LogP contribution in [0.25, 0.3) is 0 Å². The van der Waals surface area contributed by atoms with Crippen molar-refractivity contribution in [2.45, 2.75) is 67.2 Å². The highest BCUT2D eigenvalue weighted by Gasteiger charge is 2.44. The zero-order valence-electron chi connectivity index (χ0n) is 13.4. The summed E-state index contributed by atoms with van der Waals surface area (Å²) in [5.41, 5.74) is 0. The van der Waals surface area contributed by atoms with Gasteiger partial charge in [-0.1, -0.05) is 48.0 Å². The van der Waals surface area contributed by atoms with E-state index < -0.39 is 0 Å². The SMILES string of the molecule is CCC1CC(C)C(C)C2CC(C)C1CC2C(C)C. The summed E-state index contributed by atoms with van der Waals surface area (Å²) in [6, 6.07) is 0. The first-order chi connectivity index (χ1) is 8.45. The van der Waals surface area contributed by atoms with Crippen molar-refractivity contribution < 1.29 is 0 Å². The molecule has 0 aliphatic heterocycles. The Hall–Kier alpha value is 0. The first kappa shape index (κ1) is 14.4. The van der Waals surface area contributed by atoms with Gasteiger partial charge in [0.15, 0.2) is 0 Å². The number of fused-ring (bicyclic) bond motifs is 5. The molecule has 3 rings (SSSR count). The van der Waals surface area contributed by atoms with Crippen molar-refractivity contribution >= 4 is 0 Å². The Morgan fingerprint density at radius 2 is 1.56 bits per heavy atom. The Kier molecular flexibility index (Phi) is 4.44. The first-order valence-corrected chi connectivity index (χ1v) is 8.45. The quantitative estimate of drug-likeness (QED) is 0.596. The molecule has 7 atom stereocenters. The summed E-state index contributed by atoms with van der Waals surface area (Å²) in [5.74, 6) is 7.77. The standard InChI is InChI=1S/C18H34/c1-7-15-8-12(4)14(6)18-9-13(5)17(15)10-16(18)11(2)3/h11-18H,7-10H2,1-6H3. The van der Waals surface area contributed by atoms with Gasteiger partial charge in [-0.2, -0.15) is 0 Å². The van der Waals surface area contributed by atoms with E-state index in [0.717, 1.165) is 47.3 Å². The molecule has 0 aromatic heterocycles. The molecule has 0 nitrogen and oxygen atoms in total. The van der Waals surface area contributed by atoms with E-state index in [9.17, 15) is 0 Å². The van der Waals surface area contributed by atoms with Crippen LogP contribution in [0.2, 0.25) is 0 Å². The molecule has 0 N–H and O–H groups in total. The molecular formula is C18H34. The molecule has 3 saturated carbocycles. The third kappa shape index (κ3) is 2.49. The highest BCUT2D eigenvalue weighted by atomic mass is 14.5. The van der Waals surface area contributed by atoms with Gasteiger partial charge in [0.2, 0.25) is 0 Å². The van der Waals surface area contributed by atoms with Crippen molar-refractivity contribution in [2.24, 2.45) is 47.3 Å². The van der Waals surface area contributed by atoms with Crippen LogP contribution in [0.1, 0.15) is 67.2 Å². The molecule has 0 saturated heterocycles. The minimum atomic E-state index is 0.884. The van der Waals surface area contributed by atoms with E-state index in [2.05, 4.69) is 41.5 Å². The second-order valence-corrected chi connectivity index (χ2v) is 7.92. The minimum Gasteiger partial charge on any atom is -0.0651 e. The molecule has 106 valence electrons. The van der Waals surface area contributed by atoms with Crippen molar-refractivity contribution in [3.05, 3.63) is 0 Å². The van der Waals surface area contributed by atoms with Gasteiger partial charge in [-0.15, -0.1) is 0 Å². The maximum absolute atomic E-state index is 2.55. The average molecular weight is 250 g/mol. The highest BCUT2D eigenvalue weighted by molar-refractivity contribution is 4.94. The summed E-state index contributed by atoms with van der Waals surface area (Å²) in [7, 11) is 0. The van der Waals surface area contributed by atoms with Gasteiger partial charge in [0, 0.05) is 0 Å². The van der Waals surface area contributed by atoms with Gasteiger partial charge < -0.3 is 0 Å². The smallest absolute Gasteiger partial charge is 0.0352 e. The second kappa shape index (κ2) is 5.55. The minimum absolute atomic E-state index is 0.884. The van der Waals surface area contributed by atoms with Crippen LogP contribution in [0.4, 0.5) is 0 Å². The van der Waals surface area contributed by atoms with E-state index in [0.29, 0.717) is 0 Å². The molecule has 0 radical (unpaired) electrons. The van der Waals surface area contributed by atoms with E-state index in [1.165, 1.54) is 25.7 Å². The molecule has 3 aliphatic carbocycles. The zero-order chi connectivity index (χ0) is 13.4. The molecule has 3 aliphatic rings. The van der Waals surface area contributed by atoms with E-state index >= 15 is 0 Å². The lowest BCUT2D eigenvalue weighted by molar-refractivity contribution is -0.0218. The van der Waals surface area contributed by atoms with Crippen LogP contribution in [-0.2, 0) is 0 Å². The summed E-state index contributed by atoms with van der Waals surface area (Å²) in [5, 5.41) is 0. The highest BCUT2D eigenvalue weighted by Crippen LogP contribution is 2.53. The monoisotopic (exact) mass is 250 g/mol. The summed E-state index contributed by atoms with van der Waals surface area (Å²) in [4.78, 5) is 0. The largest absolute Gasteiger partial charge is 0.0651 e. The molecule has 0 heteroatoms. The van der Waals surface area contributed by atoms with E-state index in [1.807, 2.05) is 0 Å². The van der Waals surface area contributed by atoms with Crippen molar-refractivity contribution in [1.82, 2.24) is 0 Å². The number of hydrogen-bond acceptors (Lipinski definition) is 0. The summed E-state index contributed by atoms with van der Waals surface area (Å²) in [6.45, 7) is 15.0. The zero-order valence-corrected chi connectivity index (χ0v) is 13.4. The second-order valence-electron chi connectivity index (χ2n) is 7.92. The predicted molar refractivity (Wildman–Crippen MR) is 80.4 cm³/mol. The van der Waals surface area contributed by atoms with Gasteiger partial charge in [-0.05, 0) is 66.6 Å². The van der Waals surface area contributed by atoms with Gasteiger partial charge in [0.05, 0.1) is 0 Å². The third-order valence-electron chi connectivity index (χ3n) is 6.70. The number of hydrogen-bond donors (Lipinski definition) is 0. The fraction of sp³-hybridized carbons (Fsp3) is 1.00. The van der Waals surface area contributed by atoms with Crippen LogP contribution in [0.3, 0.4) is 0 Å². The third-order valence-corrected chi connectivity index (χ3v) is 6.70. The Morgan fingerprint density at radius 3 is 2.11 bits per heavy atom. The van der Waals surface area contributed by atoms with Gasteiger partial charge in [-0.25, -0.2) is 0 Å². The van der Waals surface area contributed by atoms with E-state index in [4.69, 9.17) is 0 Å². The Labute approximate surface area is 115 Å². The average Bonchev–Trinajstić information content (AvgIpc) is 2.33. The van der Waals surface area contributed by atoms with Crippen LogP contribution in [0, 0.1) is 47.3 Å². The molecule has 2 bridgehead atoms. The molecule has 0 spiro atoms. The molecule has 0 aromatic rings. The molecule has 0 amide bonds. The molecule has 7 unspecified atom stereocenters. The van der Waals surface area contributed by atoms with E-state index in [-0.39, 0.29) is 0 Å². The fourth-order valence-electron chi connectivity index (χ4n) is 5.29. The predicted octanol–water partition coefficient (Wildman–Crippen LogP) is 5.62. The van der Waals surface area contributed by atoms with Gasteiger partial charge in [0.1, 0.15) is 0 Å². The maximum atomic E-state index is 2.55. The van der Waals surface area contributed by atoms with E-state index in [1.54, 1.807) is 0 Å². The van der Waals surface area contributed by atoms with Crippen molar-refractivity contribution in [1.29, 1.82) is 0 Å². The number of rotatable bonds is 2. The van der Waals surface area contributed by atoms with Crippen molar-refractivity contribution in [3.8, 4) is 0 Å². The fourth-order valence-corrected chi connectivity index (χ4v) is 5.29. The summed E-state index contributed by atoms with van der Waals surface area (Å²) < 4.78 is 0. The van der Waals surface area contributed by atoms with Gasteiger partial charge >= 0.3 is 0 Å². The molecule has 0 heterocycles. The van der Waals surface area contributed by atoms with Crippen molar-refractivity contribution in [3.63, 3.8) is 0 Å². The van der Waals surface area contributed by atoms with Crippen LogP contribution in [0.15, 0.2) is 0 Å². The Bertz CT molecular complexity index is 267. The molecular weight excluding hydrogens is 216 g/mol. The first-order valence-electron chi connectivity index (χ1n) is 8.45. The lowest BCUT2D eigenvalue weighted by Gasteiger charge is -2.51. The van der Waals surface area contributed by atoms with Crippen LogP contribution >= 0.6 is 0 Å². The molecule has 3 fully saturated rings. The topological polar surface area (TPSA) is 0 Å². The summed E-state index contributed by atoms with van der Waals surface area (Å²) >= 11 is 0. The van der Waals surface area contributed by atoms with Crippen molar-refractivity contribution in [2.75, 3.05) is 0 Å². The maximum Gasteiger partial charge on any atom is -0.0352 e. The van der Waals surface area contributed by atoms with Crippen LogP contribution < -0.4 is 0 Å². The summed E-state index contributed by atoms with van der Waals surface area (Å²) in [6.07, 6.45) is 5.93. The van der Waals surface area contributed by atoms with Gasteiger partial charge in [-0.3, -0.25) is 0 Å². The molecule has 0 aromatic carbocycles. The Morgan fingerprint density at radius 1 is 0.889 bits per heavy atom. The molecule has 18 heavy (non-hydrogen) atoms. The van der Waals surface area contributed by atoms with Gasteiger partial charge in [0.25, 0.3) is 0 Å². The van der Waals surface area contributed by atoms with Crippen LogP contribution in [0.5, 0.6) is 0 Å². The van der Waals surface area contributed by atoms with Crippen LogP contribution in [-0.4, -0.2) is 0 Å². The lowest BCUT2D eigenvalue weighted by atomic mass is 9.54.